The van der Waals surface area contributed by atoms with Crippen LogP contribution in [0.15, 0.2) is 23.4 Å². The summed E-state index contributed by atoms with van der Waals surface area (Å²) in [5.74, 6) is 1.14. The number of nitrogens with one attached hydrogen (secondary N) is 1. The molecule has 2 heterocycles. The number of nitrogens with zero attached hydrogens (tertiary/aromatic N) is 2. The third-order valence-electron chi connectivity index (χ3n) is 2.64. The first-order valence-electron chi connectivity index (χ1n) is 5.17. The number of fused-ring (bicyclic) bond motifs is 1. The zero-order chi connectivity index (χ0) is 12.8. The van der Waals surface area contributed by atoms with Gasteiger partial charge >= 0.3 is 0 Å². The van der Waals surface area contributed by atoms with Crippen LogP contribution in [0.25, 0.3) is 11.4 Å². The van der Waals surface area contributed by atoms with Crippen molar-refractivity contribution in [1.82, 2.24) is 15.2 Å². The fourth-order valence-electron chi connectivity index (χ4n) is 1.81. The van der Waals surface area contributed by atoms with Crippen molar-refractivity contribution in [3.63, 3.8) is 0 Å². The molecule has 1 aliphatic rings. The molecular formula is C10H8ClN3O3S. The zero-order valence-electron chi connectivity index (χ0n) is 9.05. The van der Waals surface area contributed by atoms with Gasteiger partial charge < -0.3 is 4.74 Å². The summed E-state index contributed by atoms with van der Waals surface area (Å²) in [5.41, 5.74) is 1.79. The highest BCUT2D eigenvalue weighted by Gasteiger charge is 2.18. The molecule has 1 aromatic heterocycles. The number of ether oxygens (including phenoxy) is 1. The minimum absolute atomic E-state index is 0.295. The lowest BCUT2D eigenvalue weighted by Gasteiger charge is -1.99. The Hall–Kier alpha value is -1.60. The van der Waals surface area contributed by atoms with Crippen LogP contribution in [0.3, 0.4) is 0 Å². The Labute approximate surface area is 107 Å². The Morgan fingerprint density at radius 1 is 1.39 bits per heavy atom. The Kier molecular flexibility index (Phi) is 2.53. The summed E-state index contributed by atoms with van der Waals surface area (Å²) < 4.78 is 27.5. The van der Waals surface area contributed by atoms with E-state index >= 15 is 0 Å². The molecule has 0 amide bonds. The smallest absolute Gasteiger partial charge is 0.296 e. The molecule has 0 saturated heterocycles. The lowest BCUT2D eigenvalue weighted by molar-refractivity contribution is 0.357. The van der Waals surface area contributed by atoms with E-state index in [4.69, 9.17) is 15.4 Å². The molecule has 1 N–H and O–H groups in total. The van der Waals surface area contributed by atoms with Crippen molar-refractivity contribution in [2.24, 2.45) is 0 Å². The number of H-pyrrole nitrogens is 1. The predicted molar refractivity (Wildman–Crippen MR) is 64.1 cm³/mol. The van der Waals surface area contributed by atoms with Gasteiger partial charge in [-0.1, -0.05) is 0 Å². The van der Waals surface area contributed by atoms with E-state index in [0.29, 0.717) is 12.4 Å². The van der Waals surface area contributed by atoms with Crippen LogP contribution < -0.4 is 4.74 Å². The number of benzene rings is 1. The van der Waals surface area contributed by atoms with Gasteiger partial charge in [-0.15, -0.1) is 0 Å². The normalized spacial score (nSPS) is 14.3. The van der Waals surface area contributed by atoms with Gasteiger partial charge in [0, 0.05) is 22.7 Å². The van der Waals surface area contributed by atoms with E-state index in [1.54, 1.807) is 6.07 Å². The Morgan fingerprint density at radius 2 is 2.22 bits per heavy atom. The van der Waals surface area contributed by atoms with Gasteiger partial charge in [0.2, 0.25) is 0 Å². The van der Waals surface area contributed by atoms with Crippen molar-refractivity contribution in [3.8, 4) is 17.1 Å². The maximum atomic E-state index is 11.1. The molecule has 1 aliphatic heterocycles. The first kappa shape index (κ1) is 11.5. The average molecular weight is 286 g/mol. The highest BCUT2D eigenvalue weighted by molar-refractivity contribution is 8.13. The Morgan fingerprint density at radius 3 is 2.94 bits per heavy atom. The van der Waals surface area contributed by atoms with Crippen molar-refractivity contribution in [3.05, 3.63) is 23.8 Å². The molecular weight excluding hydrogens is 278 g/mol. The van der Waals surface area contributed by atoms with E-state index in [9.17, 15) is 8.42 Å². The van der Waals surface area contributed by atoms with Crippen LogP contribution in [0.4, 0.5) is 0 Å². The van der Waals surface area contributed by atoms with E-state index in [0.717, 1.165) is 23.3 Å². The van der Waals surface area contributed by atoms with Gasteiger partial charge in [-0.3, -0.25) is 0 Å². The molecule has 0 atom stereocenters. The largest absolute Gasteiger partial charge is 0.493 e. The van der Waals surface area contributed by atoms with Gasteiger partial charge in [0.1, 0.15) is 5.75 Å². The Bertz CT molecular complexity index is 711. The van der Waals surface area contributed by atoms with Gasteiger partial charge in [0.05, 0.1) is 6.61 Å². The van der Waals surface area contributed by atoms with Crippen molar-refractivity contribution < 1.29 is 13.2 Å². The molecule has 0 saturated carbocycles. The van der Waals surface area contributed by atoms with Crippen LogP contribution in [0, 0.1) is 0 Å². The monoisotopic (exact) mass is 285 g/mol. The van der Waals surface area contributed by atoms with E-state index in [2.05, 4.69) is 15.2 Å². The van der Waals surface area contributed by atoms with Crippen LogP contribution in [0.1, 0.15) is 5.56 Å². The maximum absolute atomic E-state index is 11.1. The number of hydrogen-bond acceptors (Lipinski definition) is 5. The van der Waals surface area contributed by atoms with Gasteiger partial charge in [0.15, 0.2) is 5.82 Å². The average Bonchev–Trinajstić information content (AvgIpc) is 2.96. The molecule has 8 heteroatoms. The van der Waals surface area contributed by atoms with Crippen molar-refractivity contribution in [2.45, 2.75) is 11.6 Å². The molecule has 6 nitrogen and oxygen atoms in total. The number of aromatic nitrogens is 3. The molecule has 0 unspecified atom stereocenters. The highest BCUT2D eigenvalue weighted by atomic mass is 35.7. The summed E-state index contributed by atoms with van der Waals surface area (Å²) in [6.07, 6.45) is 0.828. The fraction of sp³-hybridized carbons (Fsp3) is 0.200. The minimum Gasteiger partial charge on any atom is -0.493 e. The predicted octanol–water partition coefficient (Wildman–Crippen LogP) is 1.33. The number of hydrogen-bond donors (Lipinski definition) is 1. The van der Waals surface area contributed by atoms with Crippen molar-refractivity contribution >= 4 is 19.7 Å². The minimum atomic E-state index is -3.88. The zero-order valence-corrected chi connectivity index (χ0v) is 10.6. The molecule has 94 valence electrons. The van der Waals surface area contributed by atoms with E-state index in [1.165, 1.54) is 0 Å². The van der Waals surface area contributed by atoms with Crippen molar-refractivity contribution in [2.75, 3.05) is 6.61 Å². The van der Waals surface area contributed by atoms with Crippen molar-refractivity contribution in [1.29, 1.82) is 0 Å². The SMILES string of the molecule is O=S(=O)(Cl)c1nc(-c2ccc3c(c2)CCO3)n[nH]1. The summed E-state index contributed by atoms with van der Waals surface area (Å²) in [7, 11) is 1.29. The van der Waals surface area contributed by atoms with Crippen LogP contribution in [0.5, 0.6) is 5.75 Å². The summed E-state index contributed by atoms with van der Waals surface area (Å²) in [6, 6.07) is 5.48. The second-order valence-corrected chi connectivity index (χ2v) is 6.30. The molecule has 0 fully saturated rings. The topological polar surface area (TPSA) is 84.9 Å². The van der Waals surface area contributed by atoms with Crippen LogP contribution in [-0.4, -0.2) is 30.2 Å². The summed E-state index contributed by atoms with van der Waals surface area (Å²) in [6.45, 7) is 0.661. The number of aromatic amines is 1. The molecule has 18 heavy (non-hydrogen) atoms. The third-order valence-corrected chi connectivity index (χ3v) is 3.73. The van der Waals surface area contributed by atoms with Crippen LogP contribution >= 0.6 is 10.7 Å². The fourth-order valence-corrected chi connectivity index (χ4v) is 2.37. The van der Waals surface area contributed by atoms with E-state index in [1.807, 2.05) is 12.1 Å². The van der Waals surface area contributed by atoms with E-state index in [-0.39, 0.29) is 5.16 Å². The lowest BCUT2D eigenvalue weighted by Crippen LogP contribution is -1.92. The van der Waals surface area contributed by atoms with Gasteiger partial charge in [-0.2, -0.15) is 10.1 Å². The molecule has 0 aliphatic carbocycles. The number of halogens is 1. The van der Waals surface area contributed by atoms with Crippen LogP contribution in [-0.2, 0) is 15.5 Å². The molecule has 1 aromatic carbocycles. The summed E-state index contributed by atoms with van der Waals surface area (Å²) in [5, 5.41) is 5.79. The first-order chi connectivity index (χ1) is 8.54. The van der Waals surface area contributed by atoms with Gasteiger partial charge in [-0.05, 0) is 23.8 Å². The second-order valence-electron chi connectivity index (χ2n) is 3.82. The quantitative estimate of drug-likeness (QED) is 0.842. The lowest BCUT2D eigenvalue weighted by atomic mass is 10.1. The maximum Gasteiger partial charge on any atom is 0.296 e. The first-order valence-corrected chi connectivity index (χ1v) is 7.48. The molecule has 0 bridgehead atoms. The summed E-state index contributed by atoms with van der Waals surface area (Å²) >= 11 is 0. The number of rotatable bonds is 2. The third kappa shape index (κ3) is 1.95. The second kappa shape index (κ2) is 3.96. The molecule has 2 aromatic rings. The highest BCUT2D eigenvalue weighted by Crippen LogP contribution is 2.29. The molecule has 0 radical (unpaired) electrons. The van der Waals surface area contributed by atoms with Gasteiger partial charge in [-0.25, -0.2) is 13.5 Å². The van der Waals surface area contributed by atoms with E-state index < -0.39 is 9.05 Å². The summed E-state index contributed by atoms with van der Waals surface area (Å²) in [4.78, 5) is 3.85. The van der Waals surface area contributed by atoms with Crippen LogP contribution in [0.2, 0.25) is 0 Å². The van der Waals surface area contributed by atoms with Gasteiger partial charge in [0.25, 0.3) is 14.2 Å². The Balaban J connectivity index is 2.03. The molecule has 3 rings (SSSR count). The molecule has 0 spiro atoms. The standard InChI is InChI=1S/C10H8ClN3O3S/c11-18(15,16)10-12-9(13-14-10)7-1-2-8-6(5-7)3-4-17-8/h1-2,5H,3-4H2,(H,12,13,14).